The minimum Gasteiger partial charge on any atom is -0.496 e. The molecule has 0 spiro atoms. The van der Waals surface area contributed by atoms with E-state index < -0.39 is 4.92 Å². The van der Waals surface area contributed by atoms with Crippen molar-refractivity contribution in [3.8, 4) is 5.75 Å². The summed E-state index contributed by atoms with van der Waals surface area (Å²) in [5.74, 6) is 0.445. The first kappa shape index (κ1) is 12.9. The second-order valence-electron chi connectivity index (χ2n) is 4.05. The van der Waals surface area contributed by atoms with Crippen LogP contribution in [-0.2, 0) is 6.54 Å². The summed E-state index contributed by atoms with van der Waals surface area (Å²) in [4.78, 5) is 10.4. The van der Waals surface area contributed by atoms with Crippen molar-refractivity contribution in [2.75, 3.05) is 12.4 Å². The van der Waals surface area contributed by atoms with Crippen LogP contribution in [0.2, 0.25) is 0 Å². The van der Waals surface area contributed by atoms with Crippen molar-refractivity contribution >= 4 is 11.4 Å². The third-order valence-electron chi connectivity index (χ3n) is 2.76. The molecule has 7 nitrogen and oxygen atoms in total. The summed E-state index contributed by atoms with van der Waals surface area (Å²) in [5.41, 5.74) is 2.59. The van der Waals surface area contributed by atoms with Crippen LogP contribution in [0.15, 0.2) is 24.4 Å². The van der Waals surface area contributed by atoms with Crippen LogP contribution in [0.5, 0.6) is 5.75 Å². The Morgan fingerprint density at radius 3 is 2.84 bits per heavy atom. The van der Waals surface area contributed by atoms with Gasteiger partial charge in [0.15, 0.2) is 0 Å². The van der Waals surface area contributed by atoms with Crippen LogP contribution in [0, 0.1) is 17.0 Å². The van der Waals surface area contributed by atoms with Gasteiger partial charge in [0.1, 0.15) is 5.75 Å². The van der Waals surface area contributed by atoms with Crippen LogP contribution in [0.25, 0.3) is 0 Å². The molecule has 7 heteroatoms. The number of hydrogen-bond donors (Lipinski definition) is 2. The molecule has 1 aromatic carbocycles. The molecule has 1 heterocycles. The summed E-state index contributed by atoms with van der Waals surface area (Å²) in [6.07, 6.45) is 1.72. The molecule has 2 N–H and O–H groups in total. The number of nitrogens with one attached hydrogen (secondary N) is 2. The highest BCUT2D eigenvalue weighted by molar-refractivity contribution is 5.56. The number of hydrogen-bond acceptors (Lipinski definition) is 5. The SMILES string of the molecule is COc1cc(NCc2cn[nH]c2C)cc([N+](=O)[O-])c1. The molecule has 19 heavy (non-hydrogen) atoms. The number of aryl methyl sites for hydroxylation is 1. The Morgan fingerprint density at radius 1 is 1.47 bits per heavy atom. The van der Waals surface area contributed by atoms with Crippen molar-refractivity contribution in [1.29, 1.82) is 0 Å². The number of nitro groups is 1. The molecular weight excluding hydrogens is 248 g/mol. The Bertz CT molecular complexity index is 594. The van der Waals surface area contributed by atoms with Crippen molar-refractivity contribution < 1.29 is 9.66 Å². The first-order chi connectivity index (χ1) is 9.10. The normalized spacial score (nSPS) is 10.2. The van der Waals surface area contributed by atoms with E-state index in [0.29, 0.717) is 18.0 Å². The van der Waals surface area contributed by atoms with Crippen molar-refractivity contribution in [3.63, 3.8) is 0 Å². The van der Waals surface area contributed by atoms with E-state index in [1.807, 2.05) is 6.92 Å². The van der Waals surface area contributed by atoms with E-state index in [-0.39, 0.29) is 5.69 Å². The Morgan fingerprint density at radius 2 is 2.26 bits per heavy atom. The maximum Gasteiger partial charge on any atom is 0.275 e. The number of aromatic amines is 1. The largest absolute Gasteiger partial charge is 0.496 e. The number of nitrogens with zero attached hydrogens (tertiary/aromatic N) is 2. The molecule has 0 fully saturated rings. The van der Waals surface area contributed by atoms with Crippen LogP contribution in [0.3, 0.4) is 0 Å². The number of anilines is 1. The summed E-state index contributed by atoms with van der Waals surface area (Å²) in [6.45, 7) is 2.45. The summed E-state index contributed by atoms with van der Waals surface area (Å²) in [7, 11) is 1.48. The monoisotopic (exact) mass is 262 g/mol. The highest BCUT2D eigenvalue weighted by atomic mass is 16.6. The van der Waals surface area contributed by atoms with E-state index in [0.717, 1.165) is 11.3 Å². The minimum atomic E-state index is -0.448. The van der Waals surface area contributed by atoms with E-state index >= 15 is 0 Å². The molecule has 0 unspecified atom stereocenters. The Hall–Kier alpha value is -2.57. The molecule has 0 aliphatic carbocycles. The van der Waals surface area contributed by atoms with Gasteiger partial charge in [0.25, 0.3) is 5.69 Å². The van der Waals surface area contributed by atoms with Crippen LogP contribution in [0.4, 0.5) is 11.4 Å². The van der Waals surface area contributed by atoms with Gasteiger partial charge in [-0.1, -0.05) is 0 Å². The second-order valence-corrected chi connectivity index (χ2v) is 4.05. The van der Waals surface area contributed by atoms with Crippen molar-refractivity contribution in [2.45, 2.75) is 13.5 Å². The molecule has 0 saturated heterocycles. The Labute approximate surface area is 109 Å². The summed E-state index contributed by atoms with van der Waals surface area (Å²) in [6, 6.07) is 4.56. The van der Waals surface area contributed by atoms with E-state index in [9.17, 15) is 10.1 Å². The van der Waals surface area contributed by atoms with Gasteiger partial charge >= 0.3 is 0 Å². The Balaban J connectivity index is 2.17. The maximum absolute atomic E-state index is 10.8. The van der Waals surface area contributed by atoms with Gasteiger partial charge < -0.3 is 10.1 Å². The summed E-state index contributed by atoms with van der Waals surface area (Å²) in [5, 5.41) is 20.7. The van der Waals surface area contributed by atoms with E-state index in [1.165, 1.54) is 19.2 Å². The standard InChI is InChI=1S/C12H14N4O3/c1-8-9(7-14-15-8)6-13-10-3-11(16(17)18)5-12(4-10)19-2/h3-5,7,13H,6H2,1-2H3,(H,14,15). The van der Waals surface area contributed by atoms with Crippen LogP contribution in [-0.4, -0.2) is 22.2 Å². The third kappa shape index (κ3) is 3.01. The summed E-state index contributed by atoms with van der Waals surface area (Å²) < 4.78 is 5.04. The lowest BCUT2D eigenvalue weighted by Gasteiger charge is -2.08. The van der Waals surface area contributed by atoms with Gasteiger partial charge in [-0.15, -0.1) is 0 Å². The van der Waals surface area contributed by atoms with E-state index in [1.54, 1.807) is 12.3 Å². The number of nitro benzene ring substituents is 1. The first-order valence-electron chi connectivity index (χ1n) is 5.66. The van der Waals surface area contributed by atoms with Crippen molar-refractivity contribution in [2.24, 2.45) is 0 Å². The molecular formula is C12H14N4O3. The second kappa shape index (κ2) is 5.38. The predicted octanol–water partition coefficient (Wildman–Crippen LogP) is 2.25. The highest BCUT2D eigenvalue weighted by Crippen LogP contribution is 2.26. The zero-order valence-corrected chi connectivity index (χ0v) is 10.6. The van der Waals surface area contributed by atoms with Gasteiger partial charge in [-0.2, -0.15) is 5.10 Å². The van der Waals surface area contributed by atoms with E-state index in [4.69, 9.17) is 4.74 Å². The molecule has 0 radical (unpaired) electrons. The fraction of sp³-hybridized carbons (Fsp3) is 0.250. The molecule has 0 saturated carbocycles. The molecule has 0 atom stereocenters. The van der Waals surface area contributed by atoms with E-state index in [2.05, 4.69) is 15.5 Å². The fourth-order valence-corrected chi connectivity index (χ4v) is 1.66. The zero-order chi connectivity index (χ0) is 13.8. The summed E-state index contributed by atoms with van der Waals surface area (Å²) >= 11 is 0. The Kier molecular flexibility index (Phi) is 3.65. The lowest BCUT2D eigenvalue weighted by Crippen LogP contribution is -2.01. The van der Waals surface area contributed by atoms with Gasteiger partial charge in [-0.05, 0) is 6.92 Å². The van der Waals surface area contributed by atoms with Gasteiger partial charge in [-0.25, -0.2) is 0 Å². The van der Waals surface area contributed by atoms with Crippen molar-refractivity contribution in [3.05, 3.63) is 45.8 Å². The molecule has 1 aromatic heterocycles. The first-order valence-corrected chi connectivity index (χ1v) is 5.66. The minimum absolute atomic E-state index is 0.00855. The van der Waals surface area contributed by atoms with Gasteiger partial charge in [0.05, 0.1) is 24.3 Å². The number of rotatable bonds is 5. The molecule has 0 bridgehead atoms. The number of methoxy groups -OCH3 is 1. The average Bonchev–Trinajstić information content (AvgIpc) is 2.81. The van der Waals surface area contributed by atoms with Crippen molar-refractivity contribution in [1.82, 2.24) is 10.2 Å². The zero-order valence-electron chi connectivity index (χ0n) is 10.6. The topological polar surface area (TPSA) is 93.1 Å². The molecule has 2 aromatic rings. The third-order valence-corrected chi connectivity index (χ3v) is 2.76. The average molecular weight is 262 g/mol. The lowest BCUT2D eigenvalue weighted by molar-refractivity contribution is -0.384. The van der Waals surface area contributed by atoms with Crippen LogP contribution in [0.1, 0.15) is 11.3 Å². The highest BCUT2D eigenvalue weighted by Gasteiger charge is 2.10. The molecule has 2 rings (SSSR count). The smallest absolute Gasteiger partial charge is 0.275 e. The number of benzene rings is 1. The van der Waals surface area contributed by atoms with Gasteiger partial charge in [0.2, 0.25) is 0 Å². The van der Waals surface area contributed by atoms with Crippen LogP contribution >= 0.6 is 0 Å². The number of ether oxygens (including phenoxy) is 1. The number of H-pyrrole nitrogens is 1. The molecule has 0 aliphatic rings. The van der Waals surface area contributed by atoms with Gasteiger partial charge in [-0.3, -0.25) is 15.2 Å². The number of aromatic nitrogens is 2. The molecule has 100 valence electrons. The fourth-order valence-electron chi connectivity index (χ4n) is 1.66. The van der Waals surface area contributed by atoms with Gasteiger partial charge in [0, 0.05) is 35.6 Å². The number of non-ortho nitro benzene ring substituents is 1. The lowest BCUT2D eigenvalue weighted by atomic mass is 10.2. The maximum atomic E-state index is 10.8. The molecule has 0 aliphatic heterocycles. The molecule has 0 amide bonds. The predicted molar refractivity (Wildman–Crippen MR) is 70.3 cm³/mol. The van der Waals surface area contributed by atoms with Crippen LogP contribution < -0.4 is 10.1 Å². The quantitative estimate of drug-likeness (QED) is 0.636.